The molecule has 1 unspecified atom stereocenters. The number of ether oxygens (including phenoxy) is 1. The summed E-state index contributed by atoms with van der Waals surface area (Å²) in [7, 11) is 0. The lowest BCUT2D eigenvalue weighted by molar-refractivity contribution is 0.0940. The number of hydrogen-bond acceptors (Lipinski definition) is 5. The zero-order chi connectivity index (χ0) is 20.9. The fourth-order valence-corrected chi connectivity index (χ4v) is 3.64. The monoisotopic (exact) mass is 418 g/mol. The molecule has 4 aromatic rings. The number of nitrogens with zero attached hydrogens (tertiary/aromatic N) is 3. The van der Waals surface area contributed by atoms with Gasteiger partial charge in [-0.1, -0.05) is 12.1 Å². The van der Waals surface area contributed by atoms with E-state index in [0.29, 0.717) is 17.9 Å². The Morgan fingerprint density at radius 2 is 1.93 bits per heavy atom. The molecule has 0 aliphatic carbocycles. The molecule has 2 heterocycles. The molecule has 30 heavy (non-hydrogen) atoms. The van der Waals surface area contributed by atoms with Crippen LogP contribution in [-0.4, -0.2) is 20.4 Å². The molecular weight excluding hydrogens is 396 g/mol. The van der Waals surface area contributed by atoms with Crippen LogP contribution in [0.25, 0.3) is 5.69 Å². The van der Waals surface area contributed by atoms with E-state index in [1.165, 1.54) is 0 Å². The molecule has 1 atom stereocenters. The van der Waals surface area contributed by atoms with Crippen molar-refractivity contribution in [2.75, 3.05) is 0 Å². The van der Waals surface area contributed by atoms with Crippen molar-refractivity contribution < 1.29 is 9.53 Å². The Morgan fingerprint density at radius 1 is 1.17 bits per heavy atom. The zero-order valence-corrected chi connectivity index (χ0v) is 17.6. The van der Waals surface area contributed by atoms with Crippen LogP contribution in [0, 0.1) is 6.92 Å². The normalized spacial score (nSPS) is 11.8. The SMILES string of the molecule is Cc1nc(COc2ccc(C(=O)NC(C)c3ccc(-n4ccnc4)cc3)cc2)cs1. The minimum Gasteiger partial charge on any atom is -0.487 e. The summed E-state index contributed by atoms with van der Waals surface area (Å²) in [5, 5.41) is 6.05. The first-order chi connectivity index (χ1) is 14.6. The molecule has 4 rings (SSSR count). The molecule has 0 aliphatic heterocycles. The third-order valence-electron chi connectivity index (χ3n) is 4.71. The molecule has 6 nitrogen and oxygen atoms in total. The molecule has 0 fully saturated rings. The molecule has 0 saturated heterocycles. The molecule has 7 heteroatoms. The Labute approximate surface area is 179 Å². The molecule has 0 bridgehead atoms. The van der Waals surface area contributed by atoms with Gasteiger partial charge in [0.15, 0.2) is 0 Å². The number of amides is 1. The Kier molecular flexibility index (Phi) is 5.90. The van der Waals surface area contributed by atoms with Gasteiger partial charge in [-0.05, 0) is 55.8 Å². The van der Waals surface area contributed by atoms with Crippen molar-refractivity contribution in [1.29, 1.82) is 0 Å². The van der Waals surface area contributed by atoms with Crippen molar-refractivity contribution in [1.82, 2.24) is 19.9 Å². The maximum atomic E-state index is 12.6. The van der Waals surface area contributed by atoms with Gasteiger partial charge in [0.2, 0.25) is 0 Å². The van der Waals surface area contributed by atoms with Gasteiger partial charge in [0, 0.05) is 29.0 Å². The quantitative estimate of drug-likeness (QED) is 0.472. The minimum atomic E-state index is -0.122. The van der Waals surface area contributed by atoms with Gasteiger partial charge in [-0.3, -0.25) is 4.79 Å². The molecule has 2 aromatic carbocycles. The van der Waals surface area contributed by atoms with Gasteiger partial charge in [0.25, 0.3) is 5.91 Å². The smallest absolute Gasteiger partial charge is 0.251 e. The van der Waals surface area contributed by atoms with Gasteiger partial charge in [0.05, 0.1) is 23.1 Å². The number of benzene rings is 2. The topological polar surface area (TPSA) is 69.0 Å². The summed E-state index contributed by atoms with van der Waals surface area (Å²) in [6, 6.07) is 15.1. The highest BCUT2D eigenvalue weighted by Gasteiger charge is 2.12. The van der Waals surface area contributed by atoms with E-state index in [9.17, 15) is 4.79 Å². The number of rotatable bonds is 7. The lowest BCUT2D eigenvalue weighted by atomic mass is 10.1. The van der Waals surface area contributed by atoms with Crippen molar-refractivity contribution in [3.8, 4) is 11.4 Å². The van der Waals surface area contributed by atoms with Gasteiger partial charge in [-0.2, -0.15) is 0 Å². The van der Waals surface area contributed by atoms with Crippen LogP contribution in [0.15, 0.2) is 72.6 Å². The number of nitrogens with one attached hydrogen (secondary N) is 1. The van der Waals surface area contributed by atoms with Crippen LogP contribution >= 0.6 is 11.3 Å². The van der Waals surface area contributed by atoms with Crippen LogP contribution < -0.4 is 10.1 Å². The zero-order valence-electron chi connectivity index (χ0n) is 16.8. The number of carbonyl (C=O) groups excluding carboxylic acids is 1. The van der Waals surface area contributed by atoms with Crippen LogP contribution in [-0.2, 0) is 6.61 Å². The Morgan fingerprint density at radius 3 is 2.57 bits per heavy atom. The highest BCUT2D eigenvalue weighted by atomic mass is 32.1. The first kappa shape index (κ1) is 19.8. The molecule has 0 radical (unpaired) electrons. The highest BCUT2D eigenvalue weighted by molar-refractivity contribution is 7.09. The molecule has 0 saturated carbocycles. The lowest BCUT2D eigenvalue weighted by Gasteiger charge is -2.15. The number of aryl methyl sites for hydroxylation is 1. The summed E-state index contributed by atoms with van der Waals surface area (Å²) in [6.07, 6.45) is 5.39. The van der Waals surface area contributed by atoms with E-state index in [0.717, 1.165) is 22.0 Å². The minimum absolute atomic E-state index is 0.113. The second kappa shape index (κ2) is 8.92. The van der Waals surface area contributed by atoms with E-state index in [1.54, 1.807) is 48.1 Å². The Balaban J connectivity index is 1.33. The van der Waals surface area contributed by atoms with Crippen molar-refractivity contribution in [3.05, 3.63) is 94.5 Å². The predicted octanol–water partition coefficient (Wildman–Crippen LogP) is 4.71. The van der Waals surface area contributed by atoms with E-state index in [-0.39, 0.29) is 11.9 Å². The second-order valence-electron chi connectivity index (χ2n) is 6.93. The summed E-state index contributed by atoms with van der Waals surface area (Å²) in [4.78, 5) is 21.0. The average molecular weight is 419 g/mol. The molecule has 1 amide bonds. The molecule has 0 spiro atoms. The Hall–Kier alpha value is -3.45. The number of aromatic nitrogens is 3. The van der Waals surface area contributed by atoms with Crippen molar-refractivity contribution in [2.45, 2.75) is 26.5 Å². The Bertz CT molecular complexity index is 1100. The molecular formula is C23H22N4O2S. The van der Waals surface area contributed by atoms with Crippen molar-refractivity contribution in [2.24, 2.45) is 0 Å². The summed E-state index contributed by atoms with van der Waals surface area (Å²) in [5.41, 5.74) is 3.56. The summed E-state index contributed by atoms with van der Waals surface area (Å²) < 4.78 is 7.68. The van der Waals surface area contributed by atoms with Gasteiger partial charge < -0.3 is 14.6 Å². The standard InChI is InChI=1S/C23H22N4O2S/c1-16(18-3-7-21(8-4-18)27-12-11-24-15-27)25-23(28)19-5-9-22(10-6-19)29-13-20-14-30-17(2)26-20/h3-12,14-16H,13H2,1-2H3,(H,25,28). The van der Waals surface area contributed by atoms with Gasteiger partial charge in [0.1, 0.15) is 12.4 Å². The van der Waals surface area contributed by atoms with Crippen LogP contribution in [0.2, 0.25) is 0 Å². The van der Waals surface area contributed by atoms with Crippen molar-refractivity contribution in [3.63, 3.8) is 0 Å². The number of thiazole rings is 1. The predicted molar refractivity (Wildman–Crippen MR) is 117 cm³/mol. The third kappa shape index (κ3) is 4.75. The number of hydrogen-bond donors (Lipinski definition) is 1. The second-order valence-corrected chi connectivity index (χ2v) is 7.99. The lowest BCUT2D eigenvalue weighted by Crippen LogP contribution is -2.26. The maximum Gasteiger partial charge on any atom is 0.251 e. The van der Waals surface area contributed by atoms with E-state index >= 15 is 0 Å². The van der Waals surface area contributed by atoms with E-state index in [1.807, 2.05) is 54.3 Å². The fourth-order valence-electron chi connectivity index (χ4n) is 3.04. The van der Waals surface area contributed by atoms with Gasteiger partial charge in [-0.15, -0.1) is 11.3 Å². The summed E-state index contributed by atoms with van der Waals surface area (Å²) in [5.74, 6) is 0.586. The van der Waals surface area contributed by atoms with Gasteiger partial charge in [-0.25, -0.2) is 9.97 Å². The summed E-state index contributed by atoms with van der Waals surface area (Å²) >= 11 is 1.60. The summed E-state index contributed by atoms with van der Waals surface area (Å²) in [6.45, 7) is 4.36. The number of carbonyl (C=O) groups is 1. The van der Waals surface area contributed by atoms with Gasteiger partial charge >= 0.3 is 0 Å². The van der Waals surface area contributed by atoms with Crippen LogP contribution in [0.4, 0.5) is 0 Å². The first-order valence-electron chi connectivity index (χ1n) is 9.61. The fraction of sp³-hybridized carbons (Fsp3) is 0.174. The van der Waals surface area contributed by atoms with Crippen molar-refractivity contribution >= 4 is 17.2 Å². The highest BCUT2D eigenvalue weighted by Crippen LogP contribution is 2.18. The van der Waals surface area contributed by atoms with E-state index in [2.05, 4.69) is 15.3 Å². The first-order valence-corrected chi connectivity index (χ1v) is 10.5. The van der Waals surface area contributed by atoms with E-state index in [4.69, 9.17) is 4.74 Å². The average Bonchev–Trinajstić information content (AvgIpc) is 3.44. The number of imidazole rings is 1. The molecule has 1 N–H and O–H groups in total. The maximum absolute atomic E-state index is 12.6. The molecule has 2 aromatic heterocycles. The van der Waals surface area contributed by atoms with Crippen LogP contribution in [0.3, 0.4) is 0 Å². The molecule has 0 aliphatic rings. The largest absolute Gasteiger partial charge is 0.487 e. The van der Waals surface area contributed by atoms with E-state index < -0.39 is 0 Å². The van der Waals surface area contributed by atoms with Crippen LogP contribution in [0.1, 0.15) is 39.6 Å². The molecule has 152 valence electrons. The van der Waals surface area contributed by atoms with Crippen LogP contribution in [0.5, 0.6) is 5.75 Å². The third-order valence-corrected chi connectivity index (χ3v) is 5.54.